The molecule has 1 aromatic heterocycles. The summed E-state index contributed by atoms with van der Waals surface area (Å²) in [6, 6.07) is 2.54. The molecule has 26 heavy (non-hydrogen) atoms. The number of fused-ring (bicyclic) bond motifs is 1. The molecule has 0 spiro atoms. The summed E-state index contributed by atoms with van der Waals surface area (Å²) in [4.78, 5) is 12.3. The van der Waals surface area contributed by atoms with Crippen LogP contribution in [0.15, 0.2) is 16.7 Å². The number of nitrogens with zero attached hydrogens (tertiary/aromatic N) is 1. The monoisotopic (exact) mass is 366 g/mol. The fraction of sp³-hybridized carbons (Fsp3) is 0.529. The molecule has 1 aliphatic rings. The van der Waals surface area contributed by atoms with Crippen LogP contribution < -0.4 is 5.32 Å². The highest BCUT2D eigenvalue weighted by Gasteiger charge is 2.44. The number of hydrogen-bond acceptors (Lipinski definition) is 8. The van der Waals surface area contributed by atoms with Gasteiger partial charge in [-0.05, 0) is 31.0 Å². The topological polar surface area (TPSA) is 145 Å². The Labute approximate surface area is 149 Å². The summed E-state index contributed by atoms with van der Waals surface area (Å²) in [6.07, 6.45) is -5.75. The number of amides is 1. The van der Waals surface area contributed by atoms with Crippen molar-refractivity contribution in [2.45, 2.75) is 50.9 Å². The Kier molecular flexibility index (Phi) is 5.26. The lowest BCUT2D eigenvalue weighted by molar-refractivity contribution is -0.253. The van der Waals surface area contributed by atoms with E-state index in [0.29, 0.717) is 11.3 Å². The molecule has 2 heterocycles. The van der Waals surface area contributed by atoms with Gasteiger partial charge in [0.25, 0.3) is 0 Å². The van der Waals surface area contributed by atoms with E-state index in [0.717, 1.165) is 16.5 Å². The minimum absolute atomic E-state index is 0.133. The van der Waals surface area contributed by atoms with Gasteiger partial charge in [-0.25, -0.2) is 0 Å². The predicted octanol–water partition coefficient (Wildman–Crippen LogP) is -1.10. The first-order chi connectivity index (χ1) is 12.3. The number of aliphatic hydroxyl groups excluding tert-OH is 4. The molecule has 9 heteroatoms. The number of aryl methyl sites for hydroxylation is 2. The molecule has 1 amide bonds. The Morgan fingerprint density at radius 2 is 1.96 bits per heavy atom. The van der Waals surface area contributed by atoms with E-state index < -0.39 is 43.2 Å². The molecule has 9 nitrogen and oxygen atoms in total. The molecule has 5 N–H and O–H groups in total. The van der Waals surface area contributed by atoms with Crippen LogP contribution in [0.5, 0.6) is 0 Å². The van der Waals surface area contributed by atoms with Crippen LogP contribution in [0.3, 0.4) is 0 Å². The van der Waals surface area contributed by atoms with Crippen molar-refractivity contribution in [1.82, 2.24) is 10.5 Å². The fourth-order valence-electron chi connectivity index (χ4n) is 3.28. The summed E-state index contributed by atoms with van der Waals surface area (Å²) in [7, 11) is 0. The Hall–Kier alpha value is -2.04. The van der Waals surface area contributed by atoms with Crippen molar-refractivity contribution < 1.29 is 34.5 Å². The number of benzene rings is 1. The summed E-state index contributed by atoms with van der Waals surface area (Å²) in [5.74, 6) is -0.526. The lowest BCUT2D eigenvalue weighted by Gasteiger charge is -2.40. The highest BCUT2D eigenvalue weighted by atomic mass is 16.6. The standard InChI is InChI=1S/C17H22N2O7/c1-7-3-8(2)13-9(19-26-10(13)4-7)5-12(21)18-14-16(23)15(22)11(6-20)25-17(14)24/h3-4,11,14-17,20,22-24H,5-6H2,1-2H3,(H,18,21)/t11-,14?,15?,16-,17?/m1/s1. The third kappa shape index (κ3) is 3.44. The third-order valence-electron chi connectivity index (χ3n) is 4.54. The number of aromatic nitrogens is 1. The molecule has 1 saturated heterocycles. The number of carbonyl (C=O) groups is 1. The van der Waals surface area contributed by atoms with Crippen LogP contribution in [-0.4, -0.2) is 68.7 Å². The van der Waals surface area contributed by atoms with E-state index in [-0.39, 0.29) is 6.42 Å². The summed E-state index contributed by atoms with van der Waals surface area (Å²) < 4.78 is 10.3. The molecule has 3 rings (SSSR count). The van der Waals surface area contributed by atoms with Gasteiger partial charge in [-0.15, -0.1) is 0 Å². The molecule has 1 fully saturated rings. The molecule has 2 aromatic rings. The van der Waals surface area contributed by atoms with Crippen LogP contribution in [0, 0.1) is 13.8 Å². The van der Waals surface area contributed by atoms with Crippen LogP contribution in [0.1, 0.15) is 16.8 Å². The van der Waals surface area contributed by atoms with Gasteiger partial charge in [-0.3, -0.25) is 4.79 Å². The highest BCUT2D eigenvalue weighted by molar-refractivity contribution is 5.88. The van der Waals surface area contributed by atoms with Gasteiger partial charge in [0, 0.05) is 5.39 Å². The number of aliphatic hydroxyl groups is 4. The zero-order chi connectivity index (χ0) is 19.0. The maximum absolute atomic E-state index is 12.3. The van der Waals surface area contributed by atoms with Crippen molar-refractivity contribution in [2.75, 3.05) is 6.61 Å². The molecule has 142 valence electrons. The Morgan fingerprint density at radius 3 is 2.65 bits per heavy atom. The molecule has 0 radical (unpaired) electrons. The minimum atomic E-state index is -1.56. The maximum Gasteiger partial charge on any atom is 0.226 e. The van der Waals surface area contributed by atoms with E-state index >= 15 is 0 Å². The van der Waals surface area contributed by atoms with Crippen molar-refractivity contribution in [3.63, 3.8) is 0 Å². The number of rotatable bonds is 4. The van der Waals surface area contributed by atoms with Gasteiger partial charge in [-0.2, -0.15) is 0 Å². The van der Waals surface area contributed by atoms with E-state index in [1.54, 1.807) is 0 Å². The largest absolute Gasteiger partial charge is 0.394 e. The zero-order valence-corrected chi connectivity index (χ0v) is 14.4. The van der Waals surface area contributed by atoms with Crippen LogP contribution in [0.4, 0.5) is 0 Å². The van der Waals surface area contributed by atoms with E-state index in [2.05, 4.69) is 10.5 Å². The Morgan fingerprint density at radius 1 is 1.23 bits per heavy atom. The molecule has 0 aliphatic carbocycles. The van der Waals surface area contributed by atoms with Gasteiger partial charge >= 0.3 is 0 Å². The van der Waals surface area contributed by atoms with Gasteiger partial charge < -0.3 is 35.0 Å². The highest BCUT2D eigenvalue weighted by Crippen LogP contribution is 2.25. The van der Waals surface area contributed by atoms with E-state index in [9.17, 15) is 20.1 Å². The van der Waals surface area contributed by atoms with E-state index in [1.165, 1.54) is 0 Å². The van der Waals surface area contributed by atoms with Crippen molar-refractivity contribution in [3.05, 3.63) is 29.0 Å². The van der Waals surface area contributed by atoms with Gasteiger partial charge in [0.15, 0.2) is 11.9 Å². The fourth-order valence-corrected chi connectivity index (χ4v) is 3.28. The first-order valence-corrected chi connectivity index (χ1v) is 8.27. The lowest BCUT2D eigenvalue weighted by Crippen LogP contribution is -2.64. The molecule has 1 aromatic carbocycles. The van der Waals surface area contributed by atoms with Crippen LogP contribution in [0.25, 0.3) is 11.0 Å². The quantitative estimate of drug-likeness (QED) is 0.459. The first-order valence-electron chi connectivity index (χ1n) is 8.27. The summed E-state index contributed by atoms with van der Waals surface area (Å²) in [5.41, 5.74) is 2.95. The SMILES string of the molecule is Cc1cc(C)c2c(CC(=O)NC3C(O)O[C@H](CO)C(O)[C@@H]3O)noc2c1. The van der Waals surface area contributed by atoms with Crippen molar-refractivity contribution in [3.8, 4) is 0 Å². The minimum Gasteiger partial charge on any atom is -0.394 e. The second-order valence-corrected chi connectivity index (χ2v) is 6.58. The molecule has 1 aliphatic heterocycles. The lowest BCUT2D eigenvalue weighted by atomic mass is 9.97. The van der Waals surface area contributed by atoms with Gasteiger partial charge in [0.1, 0.15) is 30.0 Å². The molecular weight excluding hydrogens is 344 g/mol. The predicted molar refractivity (Wildman–Crippen MR) is 89.1 cm³/mol. The van der Waals surface area contributed by atoms with E-state index in [4.69, 9.17) is 14.4 Å². The molecule has 3 unspecified atom stereocenters. The van der Waals surface area contributed by atoms with Gasteiger partial charge in [-0.1, -0.05) is 11.2 Å². The van der Waals surface area contributed by atoms with Crippen LogP contribution in [-0.2, 0) is 16.0 Å². The molecule has 0 bridgehead atoms. The average molecular weight is 366 g/mol. The van der Waals surface area contributed by atoms with Crippen LogP contribution in [0.2, 0.25) is 0 Å². The number of ether oxygens (including phenoxy) is 1. The molecular formula is C17H22N2O7. The van der Waals surface area contributed by atoms with Crippen LogP contribution >= 0.6 is 0 Å². The second kappa shape index (κ2) is 7.29. The van der Waals surface area contributed by atoms with E-state index in [1.807, 2.05) is 26.0 Å². The molecule has 0 saturated carbocycles. The number of carbonyl (C=O) groups excluding carboxylic acids is 1. The zero-order valence-electron chi connectivity index (χ0n) is 14.4. The first kappa shape index (κ1) is 18.7. The smallest absolute Gasteiger partial charge is 0.226 e. The third-order valence-corrected chi connectivity index (χ3v) is 4.54. The Bertz CT molecular complexity index is 806. The normalized spacial score (nSPS) is 29.1. The molecule has 5 atom stereocenters. The summed E-state index contributed by atoms with van der Waals surface area (Å²) in [6.45, 7) is 3.25. The average Bonchev–Trinajstić information content (AvgIpc) is 2.97. The number of hydrogen-bond donors (Lipinski definition) is 5. The summed E-state index contributed by atoms with van der Waals surface area (Å²) in [5, 5.41) is 46.1. The van der Waals surface area contributed by atoms with Gasteiger partial charge in [0.2, 0.25) is 5.91 Å². The second-order valence-electron chi connectivity index (χ2n) is 6.58. The van der Waals surface area contributed by atoms with Crippen molar-refractivity contribution in [2.24, 2.45) is 0 Å². The van der Waals surface area contributed by atoms with Crippen molar-refractivity contribution >= 4 is 16.9 Å². The summed E-state index contributed by atoms with van der Waals surface area (Å²) >= 11 is 0. The number of nitrogens with one attached hydrogen (secondary N) is 1. The Balaban J connectivity index is 1.73. The van der Waals surface area contributed by atoms with Gasteiger partial charge in [0.05, 0.1) is 13.0 Å². The maximum atomic E-state index is 12.3. The van der Waals surface area contributed by atoms with Crippen molar-refractivity contribution in [1.29, 1.82) is 0 Å².